The Labute approximate surface area is 124 Å². The van der Waals surface area contributed by atoms with Crippen molar-refractivity contribution in [1.82, 2.24) is 4.98 Å². The van der Waals surface area contributed by atoms with Crippen LogP contribution in [0.5, 0.6) is 5.75 Å². The summed E-state index contributed by atoms with van der Waals surface area (Å²) in [6, 6.07) is 3.50. The summed E-state index contributed by atoms with van der Waals surface area (Å²) >= 11 is 6.54. The lowest BCUT2D eigenvalue weighted by atomic mass is 10.3. The molecule has 108 valence electrons. The zero-order valence-electron chi connectivity index (χ0n) is 10.5. The third-order valence-electron chi connectivity index (χ3n) is 2.38. The fourth-order valence-electron chi connectivity index (χ4n) is 1.54. The van der Waals surface area contributed by atoms with Gasteiger partial charge < -0.3 is 4.74 Å². The van der Waals surface area contributed by atoms with Crippen LogP contribution < -0.4 is 9.46 Å². The molecule has 0 radical (unpaired) electrons. The summed E-state index contributed by atoms with van der Waals surface area (Å²) in [7, 11) is -2.53. The van der Waals surface area contributed by atoms with Gasteiger partial charge in [-0.3, -0.25) is 4.72 Å². The van der Waals surface area contributed by atoms with E-state index < -0.39 is 15.8 Å². The van der Waals surface area contributed by atoms with Crippen LogP contribution in [0.4, 0.5) is 10.1 Å². The number of hydrogen-bond acceptors (Lipinski definition) is 5. The fourth-order valence-corrected chi connectivity index (χ4v) is 4.35. The molecule has 0 saturated carbocycles. The van der Waals surface area contributed by atoms with Gasteiger partial charge in [0.25, 0.3) is 10.0 Å². The van der Waals surface area contributed by atoms with Gasteiger partial charge in [-0.15, -0.1) is 0 Å². The number of benzene rings is 1. The first kappa shape index (κ1) is 15.0. The van der Waals surface area contributed by atoms with Gasteiger partial charge >= 0.3 is 0 Å². The Morgan fingerprint density at radius 2 is 2.15 bits per heavy atom. The molecule has 2 aromatic rings. The standard InChI is InChI=1S/C11H10ClFN2O3S2/c1-6-10(19-11(12)14-6)20(16,17)15-8-4-3-7(13)5-9(8)18-2/h3-5,15H,1-2H3. The molecule has 0 saturated heterocycles. The summed E-state index contributed by atoms with van der Waals surface area (Å²) in [5, 5.41) is 0. The van der Waals surface area contributed by atoms with E-state index in [9.17, 15) is 12.8 Å². The van der Waals surface area contributed by atoms with Gasteiger partial charge in [-0.2, -0.15) is 0 Å². The van der Waals surface area contributed by atoms with Gasteiger partial charge in [0, 0.05) is 6.07 Å². The normalized spacial score (nSPS) is 11.4. The van der Waals surface area contributed by atoms with Crippen LogP contribution in [-0.4, -0.2) is 20.5 Å². The van der Waals surface area contributed by atoms with Crippen LogP contribution in [0.3, 0.4) is 0 Å². The van der Waals surface area contributed by atoms with Crippen molar-refractivity contribution >= 4 is 38.6 Å². The number of thiazole rings is 1. The van der Waals surface area contributed by atoms with Gasteiger partial charge in [-0.25, -0.2) is 17.8 Å². The lowest BCUT2D eigenvalue weighted by Crippen LogP contribution is -2.13. The summed E-state index contributed by atoms with van der Waals surface area (Å²) in [4.78, 5) is 3.85. The molecular weight excluding hydrogens is 327 g/mol. The highest BCUT2D eigenvalue weighted by atomic mass is 35.5. The predicted octanol–water partition coefficient (Wildman–Crippen LogP) is 3.05. The molecule has 0 aliphatic rings. The molecule has 0 fully saturated rings. The Kier molecular flexibility index (Phi) is 4.17. The van der Waals surface area contributed by atoms with Crippen molar-refractivity contribution in [2.24, 2.45) is 0 Å². The number of aryl methyl sites for hydroxylation is 1. The van der Waals surface area contributed by atoms with Crippen LogP contribution in [0.15, 0.2) is 22.4 Å². The average Bonchev–Trinajstić information content (AvgIpc) is 2.71. The first-order valence-corrected chi connectivity index (χ1v) is 8.00. The summed E-state index contributed by atoms with van der Waals surface area (Å²) < 4.78 is 45.0. The number of ether oxygens (including phenoxy) is 1. The molecular formula is C11H10ClFN2O3S2. The van der Waals surface area contributed by atoms with E-state index in [2.05, 4.69) is 9.71 Å². The van der Waals surface area contributed by atoms with Crippen LogP contribution in [-0.2, 0) is 10.0 Å². The number of halogens is 2. The monoisotopic (exact) mass is 336 g/mol. The van der Waals surface area contributed by atoms with E-state index >= 15 is 0 Å². The van der Waals surface area contributed by atoms with Crippen molar-refractivity contribution in [3.63, 3.8) is 0 Å². The lowest BCUT2D eigenvalue weighted by molar-refractivity contribution is 0.413. The van der Waals surface area contributed by atoms with Gasteiger partial charge in [0.05, 0.1) is 18.5 Å². The molecule has 1 heterocycles. The van der Waals surface area contributed by atoms with Crippen LogP contribution in [0.1, 0.15) is 5.69 Å². The molecule has 1 N–H and O–H groups in total. The number of nitrogens with one attached hydrogen (secondary N) is 1. The smallest absolute Gasteiger partial charge is 0.273 e. The average molecular weight is 337 g/mol. The zero-order chi connectivity index (χ0) is 14.9. The lowest BCUT2D eigenvalue weighted by Gasteiger charge is -2.11. The summed E-state index contributed by atoms with van der Waals surface area (Å²) in [6.45, 7) is 1.54. The summed E-state index contributed by atoms with van der Waals surface area (Å²) in [5.74, 6) is -0.441. The molecule has 2 rings (SSSR count). The maximum Gasteiger partial charge on any atom is 0.273 e. The van der Waals surface area contributed by atoms with E-state index in [1.807, 2.05) is 0 Å². The minimum atomic E-state index is -3.85. The van der Waals surface area contributed by atoms with Gasteiger partial charge in [0.15, 0.2) is 8.68 Å². The van der Waals surface area contributed by atoms with Crippen molar-refractivity contribution in [1.29, 1.82) is 0 Å². The molecule has 9 heteroatoms. The molecule has 0 amide bonds. The maximum absolute atomic E-state index is 13.1. The van der Waals surface area contributed by atoms with Crippen LogP contribution in [0.25, 0.3) is 0 Å². The first-order valence-electron chi connectivity index (χ1n) is 5.33. The largest absolute Gasteiger partial charge is 0.494 e. The van der Waals surface area contributed by atoms with Gasteiger partial charge in [0.2, 0.25) is 0 Å². The third-order valence-corrected chi connectivity index (χ3v) is 5.62. The number of rotatable bonds is 4. The topological polar surface area (TPSA) is 68.3 Å². The quantitative estimate of drug-likeness (QED) is 0.931. The minimum Gasteiger partial charge on any atom is -0.494 e. The molecule has 5 nitrogen and oxygen atoms in total. The number of nitrogens with zero attached hydrogens (tertiary/aromatic N) is 1. The Bertz CT molecular complexity index is 746. The van der Waals surface area contributed by atoms with Gasteiger partial charge in [-0.05, 0) is 19.1 Å². The van der Waals surface area contributed by atoms with Gasteiger partial charge in [0.1, 0.15) is 11.6 Å². The van der Waals surface area contributed by atoms with Gasteiger partial charge in [-0.1, -0.05) is 22.9 Å². The van der Waals surface area contributed by atoms with E-state index in [0.717, 1.165) is 23.5 Å². The molecule has 0 spiro atoms. The molecule has 0 aliphatic carbocycles. The van der Waals surface area contributed by atoms with Crippen LogP contribution >= 0.6 is 22.9 Å². The second-order valence-electron chi connectivity index (χ2n) is 3.79. The van der Waals surface area contributed by atoms with E-state index in [0.29, 0.717) is 5.69 Å². The Hall–Kier alpha value is -1.38. The first-order chi connectivity index (χ1) is 9.33. The van der Waals surface area contributed by atoms with Crippen LogP contribution in [0, 0.1) is 12.7 Å². The highest BCUT2D eigenvalue weighted by Crippen LogP contribution is 2.31. The van der Waals surface area contributed by atoms with Crippen molar-refractivity contribution in [2.45, 2.75) is 11.1 Å². The van der Waals surface area contributed by atoms with Crippen LogP contribution in [0.2, 0.25) is 4.47 Å². The molecule has 0 bridgehead atoms. The second kappa shape index (κ2) is 5.55. The summed E-state index contributed by atoms with van der Waals surface area (Å²) in [6.07, 6.45) is 0. The molecule has 1 aromatic carbocycles. The zero-order valence-corrected chi connectivity index (χ0v) is 12.9. The number of methoxy groups -OCH3 is 1. The molecule has 20 heavy (non-hydrogen) atoms. The predicted molar refractivity (Wildman–Crippen MR) is 75.6 cm³/mol. The van der Waals surface area contributed by atoms with E-state index in [1.54, 1.807) is 6.92 Å². The number of anilines is 1. The number of aromatic nitrogens is 1. The summed E-state index contributed by atoms with van der Waals surface area (Å²) in [5.41, 5.74) is 0.436. The Morgan fingerprint density at radius 1 is 1.45 bits per heavy atom. The molecule has 0 atom stereocenters. The second-order valence-corrected chi connectivity index (χ2v) is 7.25. The highest BCUT2D eigenvalue weighted by molar-refractivity contribution is 7.94. The number of hydrogen-bond donors (Lipinski definition) is 1. The molecule has 0 unspecified atom stereocenters. The van der Waals surface area contributed by atoms with Crippen molar-refractivity contribution in [2.75, 3.05) is 11.8 Å². The fraction of sp³-hybridized carbons (Fsp3) is 0.182. The van der Waals surface area contributed by atoms with E-state index in [4.69, 9.17) is 16.3 Å². The molecule has 1 aromatic heterocycles. The van der Waals surface area contributed by atoms with Crippen molar-refractivity contribution < 1.29 is 17.5 Å². The van der Waals surface area contributed by atoms with E-state index in [-0.39, 0.29) is 20.1 Å². The van der Waals surface area contributed by atoms with Crippen molar-refractivity contribution in [3.05, 3.63) is 34.2 Å². The molecule has 0 aliphatic heterocycles. The maximum atomic E-state index is 13.1. The van der Waals surface area contributed by atoms with Crippen molar-refractivity contribution in [3.8, 4) is 5.75 Å². The third kappa shape index (κ3) is 3.02. The minimum absolute atomic E-state index is 0.00822. The van der Waals surface area contributed by atoms with E-state index in [1.165, 1.54) is 13.2 Å². The highest BCUT2D eigenvalue weighted by Gasteiger charge is 2.23. The Balaban J connectivity index is 2.41. The number of sulfonamides is 1. The SMILES string of the molecule is COc1cc(F)ccc1NS(=O)(=O)c1sc(Cl)nc1C. The Morgan fingerprint density at radius 3 is 2.70 bits per heavy atom.